The van der Waals surface area contributed by atoms with Gasteiger partial charge in [0.1, 0.15) is 0 Å². The fourth-order valence-electron chi connectivity index (χ4n) is 3.04. The van der Waals surface area contributed by atoms with Crippen molar-refractivity contribution in [1.82, 2.24) is 5.32 Å². The number of hydrogen-bond donors (Lipinski definition) is 2. The summed E-state index contributed by atoms with van der Waals surface area (Å²) in [5, 5.41) is 11.7. The van der Waals surface area contributed by atoms with Gasteiger partial charge in [0.05, 0.1) is 5.92 Å². The Morgan fingerprint density at radius 1 is 1.15 bits per heavy atom. The Morgan fingerprint density at radius 3 is 2.50 bits per heavy atom. The van der Waals surface area contributed by atoms with Gasteiger partial charge in [0.15, 0.2) is 0 Å². The summed E-state index contributed by atoms with van der Waals surface area (Å²) in [7, 11) is 0. The quantitative estimate of drug-likeness (QED) is 0.864. The van der Waals surface area contributed by atoms with Crippen molar-refractivity contribution in [3.8, 4) is 0 Å². The van der Waals surface area contributed by atoms with Crippen molar-refractivity contribution in [1.29, 1.82) is 0 Å². The van der Waals surface area contributed by atoms with Crippen molar-refractivity contribution in [2.75, 3.05) is 0 Å². The van der Waals surface area contributed by atoms with Crippen LogP contribution in [0.2, 0.25) is 0 Å². The minimum absolute atomic E-state index is 0.0672. The summed E-state index contributed by atoms with van der Waals surface area (Å²) in [6.45, 7) is 0. The molecule has 2 fully saturated rings. The predicted molar refractivity (Wildman–Crippen MR) is 74.2 cm³/mol. The zero-order valence-corrected chi connectivity index (χ0v) is 11.3. The van der Waals surface area contributed by atoms with Crippen LogP contribution >= 0.6 is 0 Å². The Balaban J connectivity index is 1.40. The molecule has 1 aromatic rings. The smallest absolute Gasteiger partial charge is 0.306 e. The van der Waals surface area contributed by atoms with Crippen LogP contribution < -0.4 is 5.32 Å². The van der Waals surface area contributed by atoms with Gasteiger partial charge in [-0.3, -0.25) is 9.59 Å². The van der Waals surface area contributed by atoms with E-state index in [0.717, 1.165) is 6.42 Å². The number of carbonyl (C=O) groups excluding carboxylic acids is 1. The van der Waals surface area contributed by atoms with Crippen molar-refractivity contribution in [3.05, 3.63) is 35.9 Å². The van der Waals surface area contributed by atoms with Crippen LogP contribution in [0.1, 0.15) is 37.2 Å². The largest absolute Gasteiger partial charge is 0.481 e. The van der Waals surface area contributed by atoms with E-state index in [4.69, 9.17) is 5.11 Å². The van der Waals surface area contributed by atoms with E-state index in [-0.39, 0.29) is 17.9 Å². The number of rotatable bonds is 5. The Kier molecular flexibility index (Phi) is 3.47. The summed E-state index contributed by atoms with van der Waals surface area (Å²) in [6, 6.07) is 10.4. The Hall–Kier alpha value is -1.84. The molecule has 20 heavy (non-hydrogen) atoms. The van der Waals surface area contributed by atoms with E-state index in [1.165, 1.54) is 5.56 Å². The molecule has 0 bridgehead atoms. The predicted octanol–water partition coefficient (Wildman–Crippen LogP) is 2.16. The number of carboxylic acid groups (broad SMARTS) is 1. The molecular weight excluding hydrogens is 254 g/mol. The summed E-state index contributed by atoms with van der Waals surface area (Å²) < 4.78 is 0. The molecule has 0 aliphatic heterocycles. The second-order valence-corrected chi connectivity index (χ2v) is 5.99. The molecule has 2 saturated carbocycles. The van der Waals surface area contributed by atoms with Crippen molar-refractivity contribution in [3.63, 3.8) is 0 Å². The number of hydrogen-bond acceptors (Lipinski definition) is 2. The van der Waals surface area contributed by atoms with Crippen LogP contribution in [0.3, 0.4) is 0 Å². The van der Waals surface area contributed by atoms with Gasteiger partial charge in [-0.05, 0) is 36.7 Å². The maximum absolute atomic E-state index is 11.9. The van der Waals surface area contributed by atoms with E-state index < -0.39 is 5.97 Å². The van der Waals surface area contributed by atoms with Crippen molar-refractivity contribution >= 4 is 11.9 Å². The minimum atomic E-state index is -0.748. The second-order valence-electron chi connectivity index (χ2n) is 5.99. The number of carboxylic acids is 1. The lowest BCUT2D eigenvalue weighted by molar-refractivity contribution is -0.146. The van der Waals surface area contributed by atoms with E-state index >= 15 is 0 Å². The highest BCUT2D eigenvalue weighted by Gasteiger charge is 2.41. The molecule has 0 heterocycles. The third kappa shape index (κ3) is 2.84. The third-order valence-corrected chi connectivity index (χ3v) is 4.45. The first-order valence-corrected chi connectivity index (χ1v) is 7.20. The number of amides is 1. The standard InChI is InChI=1S/C16H19NO3/c18-15(17-13-6-12(7-13)16(19)20)9-11-8-14(11)10-4-2-1-3-5-10/h1-5,11-14H,6-9H2,(H,17,18)(H,19,20)/t11-,12?,13?,14-/m0/s1. The molecule has 3 rings (SSSR count). The van der Waals surface area contributed by atoms with E-state index in [9.17, 15) is 9.59 Å². The lowest BCUT2D eigenvalue weighted by Gasteiger charge is -2.32. The molecule has 0 aromatic heterocycles. The molecule has 4 nitrogen and oxygen atoms in total. The summed E-state index contributed by atoms with van der Waals surface area (Å²) in [4.78, 5) is 22.6. The molecule has 1 aromatic carbocycles. The van der Waals surface area contributed by atoms with Gasteiger partial charge in [-0.2, -0.15) is 0 Å². The molecule has 0 unspecified atom stereocenters. The zero-order chi connectivity index (χ0) is 14.1. The number of carbonyl (C=O) groups is 2. The van der Waals surface area contributed by atoms with Gasteiger partial charge < -0.3 is 10.4 Å². The molecule has 2 atom stereocenters. The normalized spacial score (nSPS) is 31.2. The van der Waals surface area contributed by atoms with Crippen LogP contribution in [0, 0.1) is 11.8 Å². The molecule has 4 heteroatoms. The highest BCUT2D eigenvalue weighted by molar-refractivity contribution is 5.78. The van der Waals surface area contributed by atoms with Crippen molar-refractivity contribution < 1.29 is 14.7 Å². The molecule has 0 saturated heterocycles. The second kappa shape index (κ2) is 5.27. The fourth-order valence-corrected chi connectivity index (χ4v) is 3.04. The average molecular weight is 273 g/mol. The van der Waals surface area contributed by atoms with Gasteiger partial charge in [0, 0.05) is 12.5 Å². The molecule has 0 spiro atoms. The van der Waals surface area contributed by atoms with E-state index in [1.807, 2.05) is 18.2 Å². The summed E-state index contributed by atoms with van der Waals surface area (Å²) in [5.41, 5.74) is 1.32. The summed E-state index contributed by atoms with van der Waals surface area (Å²) in [6.07, 6.45) is 2.80. The Morgan fingerprint density at radius 2 is 1.85 bits per heavy atom. The monoisotopic (exact) mass is 273 g/mol. The molecule has 0 radical (unpaired) electrons. The van der Waals surface area contributed by atoms with Gasteiger partial charge in [0.2, 0.25) is 5.91 Å². The molecular formula is C16H19NO3. The van der Waals surface area contributed by atoms with Crippen LogP contribution in [-0.2, 0) is 9.59 Å². The summed E-state index contributed by atoms with van der Waals surface area (Å²) in [5.74, 6) is 0.0326. The molecule has 2 aliphatic rings. The van der Waals surface area contributed by atoms with Gasteiger partial charge in [0.25, 0.3) is 0 Å². The van der Waals surface area contributed by atoms with Crippen LogP contribution in [0.15, 0.2) is 30.3 Å². The number of nitrogens with one attached hydrogen (secondary N) is 1. The first-order valence-electron chi connectivity index (χ1n) is 7.20. The lowest BCUT2D eigenvalue weighted by atomic mass is 9.80. The van der Waals surface area contributed by atoms with E-state index in [2.05, 4.69) is 17.4 Å². The Bertz CT molecular complexity index is 508. The fraction of sp³-hybridized carbons (Fsp3) is 0.500. The van der Waals surface area contributed by atoms with Crippen LogP contribution in [0.4, 0.5) is 0 Å². The summed E-state index contributed by atoms with van der Waals surface area (Å²) >= 11 is 0. The van der Waals surface area contributed by atoms with Crippen LogP contribution in [0.25, 0.3) is 0 Å². The molecule has 2 N–H and O–H groups in total. The Labute approximate surface area is 118 Å². The molecule has 106 valence electrons. The number of aliphatic carboxylic acids is 1. The van der Waals surface area contributed by atoms with E-state index in [0.29, 0.717) is 31.1 Å². The van der Waals surface area contributed by atoms with Crippen molar-refractivity contribution in [2.45, 2.75) is 37.6 Å². The zero-order valence-electron chi connectivity index (χ0n) is 11.3. The first kappa shape index (κ1) is 13.2. The van der Waals surface area contributed by atoms with Crippen LogP contribution in [0.5, 0.6) is 0 Å². The average Bonchev–Trinajstić information content (AvgIpc) is 3.13. The van der Waals surface area contributed by atoms with Gasteiger partial charge in [-0.15, -0.1) is 0 Å². The minimum Gasteiger partial charge on any atom is -0.481 e. The maximum atomic E-state index is 11.9. The maximum Gasteiger partial charge on any atom is 0.306 e. The van der Waals surface area contributed by atoms with Crippen molar-refractivity contribution in [2.24, 2.45) is 11.8 Å². The van der Waals surface area contributed by atoms with Crippen LogP contribution in [-0.4, -0.2) is 23.0 Å². The highest BCUT2D eigenvalue weighted by Crippen LogP contribution is 2.49. The van der Waals surface area contributed by atoms with Gasteiger partial charge in [-0.1, -0.05) is 30.3 Å². The topological polar surface area (TPSA) is 66.4 Å². The highest BCUT2D eigenvalue weighted by atomic mass is 16.4. The van der Waals surface area contributed by atoms with Gasteiger partial charge in [-0.25, -0.2) is 0 Å². The first-order chi connectivity index (χ1) is 9.63. The third-order valence-electron chi connectivity index (χ3n) is 4.45. The molecule has 2 aliphatic carbocycles. The number of benzene rings is 1. The lowest BCUT2D eigenvalue weighted by Crippen LogP contribution is -2.46. The SMILES string of the molecule is O=C(C[C@@H]1C[C@H]1c1ccccc1)NC1CC(C(=O)O)C1. The van der Waals surface area contributed by atoms with Gasteiger partial charge >= 0.3 is 5.97 Å². The molecule has 1 amide bonds. The van der Waals surface area contributed by atoms with E-state index in [1.54, 1.807) is 0 Å².